The first-order valence-electron chi connectivity index (χ1n) is 19.5. The zero-order valence-corrected chi connectivity index (χ0v) is 32.9. The summed E-state index contributed by atoms with van der Waals surface area (Å²) < 4.78 is 8.77. The van der Waals surface area contributed by atoms with Crippen LogP contribution in [0.1, 0.15) is 30.5 Å². The normalized spacial score (nSPS) is 12.0. The lowest BCUT2D eigenvalue weighted by molar-refractivity contribution is 0.667. The fraction of sp³-hybridized carbons (Fsp3) is 0.0588. The van der Waals surface area contributed by atoms with Crippen LogP contribution in [-0.4, -0.2) is 21.6 Å². The van der Waals surface area contributed by atoms with Gasteiger partial charge in [0, 0.05) is 47.8 Å². The Hall–Kier alpha value is -7.22. The molecule has 280 valence electrons. The Bertz CT molecular complexity index is 3100. The van der Waals surface area contributed by atoms with Crippen molar-refractivity contribution >= 4 is 65.2 Å². The number of amidine groups is 2. The highest BCUT2D eigenvalue weighted by Gasteiger charge is 2.18. The number of furan rings is 1. The van der Waals surface area contributed by atoms with Crippen LogP contribution in [0.3, 0.4) is 0 Å². The number of nitrogens with two attached hydrogens (primary N) is 1. The van der Waals surface area contributed by atoms with E-state index >= 15 is 0 Å². The van der Waals surface area contributed by atoms with Crippen molar-refractivity contribution in [3.8, 4) is 33.8 Å². The van der Waals surface area contributed by atoms with E-state index in [1.165, 1.54) is 20.2 Å². The lowest BCUT2D eigenvalue weighted by atomic mass is 10.00. The van der Waals surface area contributed by atoms with Gasteiger partial charge in [-0.2, -0.15) is 0 Å². The number of aliphatic imine (C=N–C) groups is 2. The molecule has 10 rings (SSSR count). The molecule has 0 saturated heterocycles. The van der Waals surface area contributed by atoms with Gasteiger partial charge in [0.05, 0.1) is 6.54 Å². The molecule has 10 aromatic rings. The molecule has 58 heavy (non-hydrogen) atoms. The molecule has 0 fully saturated rings. The Labute approximate surface area is 340 Å². The number of benzene rings is 7. The van der Waals surface area contributed by atoms with Crippen molar-refractivity contribution in [1.29, 1.82) is 0 Å². The van der Waals surface area contributed by atoms with Gasteiger partial charge in [-0.05, 0) is 47.0 Å². The Kier molecular flexibility index (Phi) is 10.1. The molecule has 0 saturated carbocycles. The van der Waals surface area contributed by atoms with Crippen LogP contribution in [-0.2, 0) is 6.54 Å². The lowest BCUT2D eigenvalue weighted by Crippen LogP contribution is -2.16. The number of nitrogens with zero attached hydrogens (tertiary/aromatic N) is 4. The standard InChI is InChI=1S/C49H33N5OS.C2H6/c50-47(33-15-6-2-7-16-33)54-48(34-17-8-3-9-18-34)51-30-37-19-12-22-42-43(37)39-29-36(27-28-41(39)56-42)31-23-25-35(26-24-31)49-52-44(32-13-4-1-5-14-32)46-45(53-49)38-20-10-11-21-40(38)55-46;1-2/h1-29H,30H2,(H2,50,51,54);1-2H3. The van der Waals surface area contributed by atoms with Crippen LogP contribution >= 0.6 is 11.3 Å². The van der Waals surface area contributed by atoms with Crippen LogP contribution in [0.15, 0.2) is 190 Å². The maximum absolute atomic E-state index is 6.49. The van der Waals surface area contributed by atoms with E-state index in [9.17, 15) is 0 Å². The van der Waals surface area contributed by atoms with Crippen molar-refractivity contribution < 1.29 is 4.42 Å². The summed E-state index contributed by atoms with van der Waals surface area (Å²) in [6, 6.07) is 59.7. The minimum absolute atomic E-state index is 0.432. The van der Waals surface area contributed by atoms with E-state index in [1.807, 2.05) is 111 Å². The summed E-state index contributed by atoms with van der Waals surface area (Å²) in [6.45, 7) is 4.46. The average Bonchev–Trinajstić information content (AvgIpc) is 3.87. The quantitative estimate of drug-likeness (QED) is 0.129. The number of para-hydroxylation sites is 1. The van der Waals surface area contributed by atoms with Crippen LogP contribution < -0.4 is 5.73 Å². The van der Waals surface area contributed by atoms with Crippen molar-refractivity contribution in [2.45, 2.75) is 20.4 Å². The molecule has 6 nitrogen and oxygen atoms in total. The predicted octanol–water partition coefficient (Wildman–Crippen LogP) is 13.1. The summed E-state index contributed by atoms with van der Waals surface area (Å²) in [5.74, 6) is 1.69. The minimum atomic E-state index is 0.432. The summed E-state index contributed by atoms with van der Waals surface area (Å²) in [7, 11) is 0. The number of hydrogen-bond donors (Lipinski definition) is 1. The van der Waals surface area contributed by atoms with Gasteiger partial charge in [-0.1, -0.05) is 159 Å². The molecular formula is C51H39N5OS. The third-order valence-electron chi connectivity index (χ3n) is 10.1. The Morgan fingerprint density at radius 1 is 0.586 bits per heavy atom. The molecule has 3 aromatic heterocycles. The van der Waals surface area contributed by atoms with Crippen molar-refractivity contribution in [2.24, 2.45) is 15.7 Å². The fourth-order valence-corrected chi connectivity index (χ4v) is 8.39. The molecule has 0 bridgehead atoms. The van der Waals surface area contributed by atoms with Crippen molar-refractivity contribution in [1.82, 2.24) is 9.97 Å². The topological polar surface area (TPSA) is 89.7 Å². The van der Waals surface area contributed by atoms with E-state index in [1.54, 1.807) is 11.3 Å². The molecule has 0 atom stereocenters. The van der Waals surface area contributed by atoms with Crippen LogP contribution in [0.25, 0.3) is 76.0 Å². The third-order valence-corrected chi connectivity index (χ3v) is 11.2. The van der Waals surface area contributed by atoms with Gasteiger partial charge in [-0.25, -0.2) is 15.0 Å². The predicted molar refractivity (Wildman–Crippen MR) is 244 cm³/mol. The monoisotopic (exact) mass is 769 g/mol. The molecule has 0 aliphatic rings. The van der Waals surface area contributed by atoms with Crippen LogP contribution in [0.4, 0.5) is 0 Å². The Morgan fingerprint density at radius 3 is 2.00 bits per heavy atom. The molecule has 7 aromatic carbocycles. The third kappa shape index (κ3) is 7.04. The molecule has 0 aliphatic heterocycles. The molecule has 2 N–H and O–H groups in total. The average molecular weight is 770 g/mol. The van der Waals surface area contributed by atoms with E-state index in [0.29, 0.717) is 29.6 Å². The number of hydrogen-bond acceptors (Lipinski definition) is 5. The molecule has 0 amide bonds. The number of thiophene rings is 1. The lowest BCUT2D eigenvalue weighted by Gasteiger charge is -2.08. The second-order valence-electron chi connectivity index (χ2n) is 13.6. The van der Waals surface area contributed by atoms with E-state index < -0.39 is 0 Å². The van der Waals surface area contributed by atoms with Crippen LogP contribution in [0.5, 0.6) is 0 Å². The fourth-order valence-electron chi connectivity index (χ4n) is 7.26. The second-order valence-corrected chi connectivity index (χ2v) is 14.7. The molecule has 3 heterocycles. The van der Waals surface area contributed by atoms with Gasteiger partial charge in [0.25, 0.3) is 0 Å². The van der Waals surface area contributed by atoms with Crippen molar-refractivity contribution in [3.05, 3.63) is 193 Å². The van der Waals surface area contributed by atoms with Gasteiger partial charge in [0.1, 0.15) is 22.6 Å². The first-order chi connectivity index (χ1) is 28.7. The highest BCUT2D eigenvalue weighted by molar-refractivity contribution is 7.25. The molecule has 7 heteroatoms. The number of fused-ring (bicyclic) bond motifs is 6. The largest absolute Gasteiger partial charge is 0.452 e. The Balaban J connectivity index is 0.00000215. The van der Waals surface area contributed by atoms with Crippen LogP contribution in [0.2, 0.25) is 0 Å². The smallest absolute Gasteiger partial charge is 0.180 e. The number of aromatic nitrogens is 2. The Morgan fingerprint density at radius 2 is 1.24 bits per heavy atom. The molecule has 0 aliphatic carbocycles. The van der Waals surface area contributed by atoms with Gasteiger partial charge < -0.3 is 10.2 Å². The van der Waals surface area contributed by atoms with Crippen molar-refractivity contribution in [3.63, 3.8) is 0 Å². The van der Waals surface area contributed by atoms with Gasteiger partial charge >= 0.3 is 0 Å². The van der Waals surface area contributed by atoms with E-state index in [2.05, 4.69) is 78.9 Å². The highest BCUT2D eigenvalue weighted by Crippen LogP contribution is 2.39. The first-order valence-corrected chi connectivity index (χ1v) is 20.3. The van der Waals surface area contributed by atoms with E-state index in [0.717, 1.165) is 61.1 Å². The van der Waals surface area contributed by atoms with Gasteiger partial charge in [0.15, 0.2) is 17.2 Å². The molecule has 0 radical (unpaired) electrons. The van der Waals surface area contributed by atoms with Gasteiger partial charge in [-0.15, -0.1) is 11.3 Å². The van der Waals surface area contributed by atoms with Gasteiger partial charge in [0.2, 0.25) is 0 Å². The van der Waals surface area contributed by atoms with Crippen molar-refractivity contribution in [2.75, 3.05) is 0 Å². The summed E-state index contributed by atoms with van der Waals surface area (Å²) in [5, 5.41) is 3.39. The van der Waals surface area contributed by atoms with Crippen LogP contribution in [0, 0.1) is 0 Å². The first kappa shape index (κ1) is 36.4. The zero-order valence-electron chi connectivity index (χ0n) is 32.1. The molecule has 0 spiro atoms. The van der Waals surface area contributed by atoms with Gasteiger partial charge in [-0.3, -0.25) is 4.99 Å². The van der Waals surface area contributed by atoms with E-state index in [-0.39, 0.29) is 0 Å². The maximum Gasteiger partial charge on any atom is 0.180 e. The summed E-state index contributed by atoms with van der Waals surface area (Å²) in [4.78, 5) is 20.0. The maximum atomic E-state index is 6.49. The molecule has 0 unspecified atom stereocenters. The molecular weight excluding hydrogens is 731 g/mol. The summed E-state index contributed by atoms with van der Waals surface area (Å²) in [5.41, 5.74) is 16.7. The number of rotatable bonds is 7. The highest BCUT2D eigenvalue weighted by atomic mass is 32.1. The summed E-state index contributed by atoms with van der Waals surface area (Å²) in [6.07, 6.45) is 0. The zero-order chi connectivity index (χ0) is 39.4. The van der Waals surface area contributed by atoms with E-state index in [4.69, 9.17) is 30.1 Å². The SMILES string of the molecule is CC.NC(=NC(=NCc1cccc2sc3ccc(-c4ccc(-c5nc(-c6ccccc6)c6oc7ccccc7c6n5)cc4)cc3c12)c1ccccc1)c1ccccc1. The second kappa shape index (κ2) is 16.1. The minimum Gasteiger partial charge on any atom is -0.452 e. The summed E-state index contributed by atoms with van der Waals surface area (Å²) >= 11 is 1.80.